The van der Waals surface area contributed by atoms with Crippen molar-refractivity contribution in [3.63, 3.8) is 0 Å². The Bertz CT molecular complexity index is 405. The average molecular weight is 256 g/mol. The summed E-state index contributed by atoms with van der Waals surface area (Å²) in [7, 11) is 0. The molecule has 1 atom stereocenters. The summed E-state index contributed by atoms with van der Waals surface area (Å²) < 4.78 is 0. The van der Waals surface area contributed by atoms with Crippen LogP contribution in [0.4, 0.5) is 0 Å². The lowest BCUT2D eigenvalue weighted by Gasteiger charge is -2.30. The van der Waals surface area contributed by atoms with Crippen LogP contribution < -0.4 is 5.32 Å². The van der Waals surface area contributed by atoms with Gasteiger partial charge < -0.3 is 5.32 Å². The molecule has 0 amide bonds. The van der Waals surface area contributed by atoms with Crippen molar-refractivity contribution in [3.05, 3.63) is 48.0 Å². The van der Waals surface area contributed by atoms with Crippen LogP contribution in [0.1, 0.15) is 24.8 Å². The van der Waals surface area contributed by atoms with Gasteiger partial charge in [0.25, 0.3) is 0 Å². The third kappa shape index (κ3) is 3.46. The van der Waals surface area contributed by atoms with Gasteiger partial charge in [-0.05, 0) is 44.3 Å². The number of hydrogen-bond donors (Lipinski definition) is 1. The van der Waals surface area contributed by atoms with Gasteiger partial charge >= 0.3 is 0 Å². The first-order valence-electron chi connectivity index (χ1n) is 7.58. The van der Waals surface area contributed by atoms with Gasteiger partial charge in [-0.1, -0.05) is 42.5 Å². The van der Waals surface area contributed by atoms with E-state index in [2.05, 4.69) is 52.7 Å². The van der Waals surface area contributed by atoms with Crippen LogP contribution >= 0.6 is 0 Å². The predicted octanol–water partition coefficient (Wildman–Crippen LogP) is 2.61. The van der Waals surface area contributed by atoms with Crippen molar-refractivity contribution < 1.29 is 0 Å². The van der Waals surface area contributed by atoms with Gasteiger partial charge in [0.2, 0.25) is 0 Å². The molecule has 1 fully saturated rings. The second-order valence-electron chi connectivity index (χ2n) is 5.79. The normalized spacial score (nSPS) is 25.6. The van der Waals surface area contributed by atoms with Crippen LogP contribution in [0, 0.1) is 0 Å². The summed E-state index contributed by atoms with van der Waals surface area (Å²) in [6.45, 7) is 3.61. The van der Waals surface area contributed by atoms with Crippen LogP contribution in [0.2, 0.25) is 0 Å². The second kappa shape index (κ2) is 6.36. The molecule has 1 aliphatic carbocycles. The molecule has 0 aromatic heterocycles. The van der Waals surface area contributed by atoms with E-state index in [1.165, 1.54) is 37.9 Å². The number of nitrogens with zero attached hydrogens (tertiary/aromatic N) is 1. The highest BCUT2D eigenvalue weighted by Crippen LogP contribution is 2.19. The molecule has 0 bridgehead atoms. The summed E-state index contributed by atoms with van der Waals surface area (Å²) in [5, 5.41) is 3.72. The number of benzene rings is 1. The molecule has 2 nitrogen and oxygen atoms in total. The van der Waals surface area contributed by atoms with Gasteiger partial charge in [0.1, 0.15) is 0 Å². The molecule has 102 valence electrons. The Balaban J connectivity index is 1.61. The van der Waals surface area contributed by atoms with Crippen molar-refractivity contribution in [1.82, 2.24) is 10.2 Å². The third-order valence-corrected chi connectivity index (χ3v) is 4.33. The highest BCUT2D eigenvalue weighted by molar-refractivity contribution is 5.16. The topological polar surface area (TPSA) is 15.3 Å². The van der Waals surface area contributed by atoms with Crippen molar-refractivity contribution in [1.29, 1.82) is 0 Å². The fraction of sp³-hybridized carbons (Fsp3) is 0.529. The Hall–Kier alpha value is -1.12. The van der Waals surface area contributed by atoms with Gasteiger partial charge in [-0.15, -0.1) is 0 Å². The van der Waals surface area contributed by atoms with Crippen LogP contribution in [-0.4, -0.2) is 36.6 Å². The molecule has 3 rings (SSSR count). The monoisotopic (exact) mass is 256 g/mol. The van der Waals surface area contributed by atoms with E-state index >= 15 is 0 Å². The predicted molar refractivity (Wildman–Crippen MR) is 80.3 cm³/mol. The van der Waals surface area contributed by atoms with Crippen LogP contribution in [0.25, 0.3) is 0 Å². The van der Waals surface area contributed by atoms with Crippen LogP contribution in [0.15, 0.2) is 42.5 Å². The molecule has 0 radical (unpaired) electrons. The molecule has 1 unspecified atom stereocenters. The number of rotatable bonds is 3. The maximum atomic E-state index is 3.72. The van der Waals surface area contributed by atoms with Crippen molar-refractivity contribution in [2.75, 3.05) is 19.6 Å². The molecule has 1 aromatic rings. The zero-order chi connectivity index (χ0) is 12.9. The maximum absolute atomic E-state index is 3.72. The van der Waals surface area contributed by atoms with Gasteiger partial charge in [-0.25, -0.2) is 0 Å². The molecule has 19 heavy (non-hydrogen) atoms. The quantitative estimate of drug-likeness (QED) is 0.836. The molecular weight excluding hydrogens is 232 g/mol. The number of nitrogens with one attached hydrogen (secondary N) is 1. The van der Waals surface area contributed by atoms with Gasteiger partial charge in [-0.3, -0.25) is 4.90 Å². The minimum atomic E-state index is 0.602. The first kappa shape index (κ1) is 12.9. The van der Waals surface area contributed by atoms with E-state index in [-0.39, 0.29) is 0 Å². The lowest BCUT2D eigenvalue weighted by Crippen LogP contribution is -2.42. The van der Waals surface area contributed by atoms with E-state index in [9.17, 15) is 0 Å². The first-order valence-corrected chi connectivity index (χ1v) is 7.58. The van der Waals surface area contributed by atoms with Crippen molar-refractivity contribution in [3.8, 4) is 0 Å². The minimum absolute atomic E-state index is 0.602. The molecule has 2 heteroatoms. The van der Waals surface area contributed by atoms with E-state index in [0.717, 1.165) is 19.0 Å². The summed E-state index contributed by atoms with van der Waals surface area (Å²) in [6, 6.07) is 12.2. The Labute approximate surface area is 116 Å². The molecule has 2 aliphatic rings. The lowest BCUT2D eigenvalue weighted by atomic mass is 10.0. The molecule has 0 spiro atoms. The van der Waals surface area contributed by atoms with E-state index in [4.69, 9.17) is 0 Å². The van der Waals surface area contributed by atoms with Gasteiger partial charge in [0.15, 0.2) is 0 Å². The summed E-state index contributed by atoms with van der Waals surface area (Å²) in [5.74, 6) is 0. The first-order chi connectivity index (χ1) is 9.42. The van der Waals surface area contributed by atoms with Crippen LogP contribution in [0.3, 0.4) is 0 Å². The van der Waals surface area contributed by atoms with E-state index in [0.29, 0.717) is 6.04 Å². The van der Waals surface area contributed by atoms with Crippen molar-refractivity contribution >= 4 is 0 Å². The Kier molecular flexibility index (Phi) is 4.31. The fourth-order valence-corrected chi connectivity index (χ4v) is 3.30. The molecule has 1 heterocycles. The highest BCUT2D eigenvalue weighted by Gasteiger charge is 2.24. The third-order valence-electron chi connectivity index (χ3n) is 4.33. The summed E-state index contributed by atoms with van der Waals surface area (Å²) in [4.78, 5) is 2.70. The molecule has 1 N–H and O–H groups in total. The summed E-state index contributed by atoms with van der Waals surface area (Å²) >= 11 is 0. The average Bonchev–Trinajstić information content (AvgIpc) is 2.88. The zero-order valence-electron chi connectivity index (χ0n) is 11.6. The second-order valence-corrected chi connectivity index (χ2v) is 5.79. The molecule has 0 saturated carbocycles. The van der Waals surface area contributed by atoms with E-state index in [1.54, 1.807) is 0 Å². The van der Waals surface area contributed by atoms with E-state index < -0.39 is 0 Å². The number of hydrogen-bond acceptors (Lipinski definition) is 2. The minimum Gasteiger partial charge on any atom is -0.312 e. The van der Waals surface area contributed by atoms with Crippen LogP contribution in [-0.2, 0) is 6.42 Å². The smallest absolute Gasteiger partial charge is 0.0235 e. The maximum Gasteiger partial charge on any atom is 0.0235 e. The standard InChI is InChI=1S/C17H24N2/c1-2-7-15(8-3-1)13-16-14-19(12-6-11-18-16)17-9-4-5-10-17/h1-5,7-8,16-18H,6,9-14H2. The molecule has 1 saturated heterocycles. The fourth-order valence-electron chi connectivity index (χ4n) is 3.30. The van der Waals surface area contributed by atoms with Gasteiger partial charge in [0.05, 0.1) is 0 Å². The van der Waals surface area contributed by atoms with E-state index in [1.807, 2.05) is 0 Å². The Morgan fingerprint density at radius 2 is 1.89 bits per heavy atom. The van der Waals surface area contributed by atoms with Crippen molar-refractivity contribution in [2.24, 2.45) is 0 Å². The SMILES string of the molecule is C1=CCC(N2CCCNC(Cc3ccccc3)C2)C1. The summed E-state index contributed by atoms with van der Waals surface area (Å²) in [5.41, 5.74) is 1.45. The van der Waals surface area contributed by atoms with Gasteiger partial charge in [0, 0.05) is 18.6 Å². The molecule has 1 aromatic carbocycles. The Morgan fingerprint density at radius 1 is 1.11 bits per heavy atom. The molecular formula is C17H24N2. The van der Waals surface area contributed by atoms with Crippen molar-refractivity contribution in [2.45, 2.75) is 37.8 Å². The largest absolute Gasteiger partial charge is 0.312 e. The van der Waals surface area contributed by atoms with Crippen LogP contribution in [0.5, 0.6) is 0 Å². The lowest BCUT2D eigenvalue weighted by molar-refractivity contribution is 0.199. The molecule has 1 aliphatic heterocycles. The summed E-state index contributed by atoms with van der Waals surface area (Å²) in [6.07, 6.45) is 9.61. The van der Waals surface area contributed by atoms with Gasteiger partial charge in [-0.2, -0.15) is 0 Å². The Morgan fingerprint density at radius 3 is 2.68 bits per heavy atom. The highest BCUT2D eigenvalue weighted by atomic mass is 15.2. The zero-order valence-corrected chi connectivity index (χ0v) is 11.6.